The van der Waals surface area contributed by atoms with Crippen LogP contribution in [0.15, 0.2) is 78.9 Å². The zero-order chi connectivity index (χ0) is 26.6. The quantitative estimate of drug-likeness (QED) is 0.395. The molecule has 2 amide bonds. The molecule has 7 heteroatoms. The van der Waals surface area contributed by atoms with Crippen molar-refractivity contribution in [1.82, 2.24) is 15.3 Å². The summed E-state index contributed by atoms with van der Waals surface area (Å²) in [4.78, 5) is 38.0. The average Bonchev–Trinajstić information content (AvgIpc) is 2.94. The number of carbonyl (C=O) groups is 2. The Balaban J connectivity index is 1.56. The fraction of sp³-hybridized carbons (Fsp3) is 0.355. The molecular formula is C31H34ClN3O3. The van der Waals surface area contributed by atoms with Crippen LogP contribution in [0.1, 0.15) is 64.7 Å². The molecule has 0 bridgehead atoms. The highest BCUT2D eigenvalue weighted by Gasteiger charge is 2.48. The van der Waals surface area contributed by atoms with Gasteiger partial charge in [0.05, 0.1) is 18.6 Å². The van der Waals surface area contributed by atoms with Gasteiger partial charge in [-0.2, -0.15) is 0 Å². The zero-order valence-corrected chi connectivity index (χ0v) is 22.6. The lowest BCUT2D eigenvalue weighted by atomic mass is 9.76. The number of fused-ring (bicyclic) bond motifs is 1. The van der Waals surface area contributed by atoms with Crippen molar-refractivity contribution in [1.29, 1.82) is 0 Å². The van der Waals surface area contributed by atoms with Crippen LogP contribution in [0.25, 0.3) is 0 Å². The fourth-order valence-corrected chi connectivity index (χ4v) is 6.19. The summed E-state index contributed by atoms with van der Waals surface area (Å²) in [5, 5.41) is 0.610. The van der Waals surface area contributed by atoms with Crippen LogP contribution < -0.4 is 5.48 Å². The maximum atomic E-state index is 14.2. The van der Waals surface area contributed by atoms with Gasteiger partial charge in [0.15, 0.2) is 0 Å². The molecule has 0 spiro atoms. The van der Waals surface area contributed by atoms with Gasteiger partial charge in [-0.3, -0.25) is 14.4 Å². The molecule has 38 heavy (non-hydrogen) atoms. The van der Waals surface area contributed by atoms with Crippen LogP contribution in [0, 0.1) is 0 Å². The van der Waals surface area contributed by atoms with E-state index in [1.807, 2.05) is 83.8 Å². The molecule has 0 saturated heterocycles. The molecule has 1 heterocycles. The SMILES string of the molecule is CN(C)[C@H]1CCCC[C@@H]1N1C(=O)c2ccccc2[C@@H](C(=O)NOCc2ccccc2)[C@@H]1c1ccc(Cl)cc1. The second-order valence-corrected chi connectivity index (χ2v) is 10.8. The van der Waals surface area contributed by atoms with E-state index in [0.717, 1.165) is 36.8 Å². The van der Waals surface area contributed by atoms with Gasteiger partial charge in [-0.1, -0.05) is 85.1 Å². The van der Waals surface area contributed by atoms with Crippen LogP contribution >= 0.6 is 11.6 Å². The van der Waals surface area contributed by atoms with Crippen molar-refractivity contribution in [3.63, 3.8) is 0 Å². The molecule has 1 fully saturated rings. The van der Waals surface area contributed by atoms with E-state index >= 15 is 0 Å². The molecule has 1 N–H and O–H groups in total. The zero-order valence-electron chi connectivity index (χ0n) is 21.8. The van der Waals surface area contributed by atoms with Crippen molar-refractivity contribution < 1.29 is 14.4 Å². The largest absolute Gasteiger partial charge is 0.326 e. The van der Waals surface area contributed by atoms with Crippen LogP contribution in [0.5, 0.6) is 0 Å². The first-order valence-corrected chi connectivity index (χ1v) is 13.6. The van der Waals surface area contributed by atoms with Gasteiger partial charge in [-0.15, -0.1) is 0 Å². The number of nitrogens with zero attached hydrogens (tertiary/aromatic N) is 2. The Morgan fingerprint density at radius 2 is 1.66 bits per heavy atom. The minimum Gasteiger partial charge on any atom is -0.326 e. The van der Waals surface area contributed by atoms with Gasteiger partial charge in [0.25, 0.3) is 11.8 Å². The Hall–Kier alpha value is -3.19. The molecule has 0 unspecified atom stereocenters. The smallest absolute Gasteiger partial charge is 0.255 e. The maximum absolute atomic E-state index is 14.2. The third-order valence-corrected chi connectivity index (χ3v) is 8.09. The Morgan fingerprint density at radius 1 is 0.974 bits per heavy atom. The molecule has 2 aliphatic rings. The molecule has 3 aromatic carbocycles. The summed E-state index contributed by atoms with van der Waals surface area (Å²) in [5.41, 5.74) is 5.84. The monoisotopic (exact) mass is 531 g/mol. The van der Waals surface area contributed by atoms with Crippen molar-refractivity contribution in [3.05, 3.63) is 106 Å². The van der Waals surface area contributed by atoms with Gasteiger partial charge >= 0.3 is 0 Å². The van der Waals surface area contributed by atoms with Crippen LogP contribution in [-0.4, -0.2) is 47.8 Å². The number of halogens is 1. The van der Waals surface area contributed by atoms with Crippen molar-refractivity contribution in [3.8, 4) is 0 Å². The molecule has 0 radical (unpaired) electrons. The average molecular weight is 532 g/mol. The number of carbonyl (C=O) groups excluding carboxylic acids is 2. The van der Waals surface area contributed by atoms with Crippen LogP contribution in [0.4, 0.5) is 0 Å². The first-order valence-electron chi connectivity index (χ1n) is 13.2. The predicted octanol–water partition coefficient (Wildman–Crippen LogP) is 5.74. The summed E-state index contributed by atoms with van der Waals surface area (Å²) >= 11 is 6.25. The van der Waals surface area contributed by atoms with Gasteiger partial charge in [0, 0.05) is 22.7 Å². The van der Waals surface area contributed by atoms with Gasteiger partial charge in [0.1, 0.15) is 0 Å². The molecule has 1 aliphatic carbocycles. The topological polar surface area (TPSA) is 61.9 Å². The molecule has 5 rings (SSSR count). The standard InChI is InChI=1S/C31H34ClN3O3/c1-34(2)26-14-8-9-15-27(26)35-29(22-16-18-23(32)19-17-22)28(24-12-6-7-13-25(24)31(35)37)30(36)33-38-20-21-10-4-3-5-11-21/h3-7,10-13,16-19,26-29H,8-9,14-15,20H2,1-2H3,(H,33,36)/t26-,27-,28+,29-/m0/s1. The molecule has 4 atom stereocenters. The summed E-state index contributed by atoms with van der Waals surface area (Å²) in [7, 11) is 4.15. The number of amides is 2. The third kappa shape index (κ3) is 5.35. The van der Waals surface area contributed by atoms with Crippen molar-refractivity contribution in [2.75, 3.05) is 14.1 Å². The van der Waals surface area contributed by atoms with Crippen molar-refractivity contribution in [2.45, 2.75) is 56.3 Å². The summed E-state index contributed by atoms with van der Waals surface area (Å²) in [6.45, 7) is 0.251. The highest BCUT2D eigenvalue weighted by molar-refractivity contribution is 6.30. The van der Waals surface area contributed by atoms with E-state index < -0.39 is 12.0 Å². The van der Waals surface area contributed by atoms with Gasteiger partial charge in [0.2, 0.25) is 0 Å². The molecule has 3 aromatic rings. The Morgan fingerprint density at radius 3 is 2.39 bits per heavy atom. The minimum absolute atomic E-state index is 0.0270. The fourth-order valence-electron chi connectivity index (χ4n) is 6.06. The first kappa shape index (κ1) is 26.4. The second kappa shape index (κ2) is 11.7. The number of nitrogens with one attached hydrogen (secondary N) is 1. The lowest BCUT2D eigenvalue weighted by Crippen LogP contribution is -2.58. The lowest BCUT2D eigenvalue weighted by molar-refractivity contribution is -0.138. The van der Waals surface area contributed by atoms with E-state index in [1.54, 1.807) is 0 Å². The van der Waals surface area contributed by atoms with E-state index in [-0.39, 0.29) is 30.5 Å². The normalized spacial score (nSPS) is 23.3. The Labute approximate surface area is 229 Å². The second-order valence-electron chi connectivity index (χ2n) is 10.4. The number of benzene rings is 3. The molecule has 1 aliphatic heterocycles. The van der Waals surface area contributed by atoms with Gasteiger partial charge in [-0.05, 0) is 61.8 Å². The summed E-state index contributed by atoms with van der Waals surface area (Å²) in [5.74, 6) is -0.956. The third-order valence-electron chi connectivity index (χ3n) is 7.84. The predicted molar refractivity (Wildman–Crippen MR) is 149 cm³/mol. The van der Waals surface area contributed by atoms with E-state index in [1.165, 1.54) is 0 Å². The van der Waals surface area contributed by atoms with E-state index in [2.05, 4.69) is 24.5 Å². The molecule has 6 nitrogen and oxygen atoms in total. The number of hydrogen-bond acceptors (Lipinski definition) is 4. The van der Waals surface area contributed by atoms with E-state index in [4.69, 9.17) is 16.4 Å². The number of hydroxylamine groups is 1. The minimum atomic E-state index is -0.648. The Bertz CT molecular complexity index is 1260. The van der Waals surface area contributed by atoms with Crippen LogP contribution in [0.2, 0.25) is 5.02 Å². The maximum Gasteiger partial charge on any atom is 0.255 e. The van der Waals surface area contributed by atoms with E-state index in [9.17, 15) is 9.59 Å². The van der Waals surface area contributed by atoms with Crippen molar-refractivity contribution >= 4 is 23.4 Å². The van der Waals surface area contributed by atoms with Crippen molar-refractivity contribution in [2.24, 2.45) is 0 Å². The number of hydrogen-bond donors (Lipinski definition) is 1. The molecule has 1 saturated carbocycles. The number of rotatable bonds is 7. The molecule has 198 valence electrons. The number of likely N-dealkylation sites (N-methyl/N-ethyl adjacent to an activating group) is 1. The highest BCUT2D eigenvalue weighted by atomic mass is 35.5. The summed E-state index contributed by atoms with van der Waals surface area (Å²) in [6.07, 6.45) is 4.07. The van der Waals surface area contributed by atoms with Crippen LogP contribution in [-0.2, 0) is 16.2 Å². The van der Waals surface area contributed by atoms with Gasteiger partial charge in [-0.25, -0.2) is 5.48 Å². The summed E-state index contributed by atoms with van der Waals surface area (Å²) < 4.78 is 0. The summed E-state index contributed by atoms with van der Waals surface area (Å²) in [6, 6.07) is 24.4. The van der Waals surface area contributed by atoms with Crippen LogP contribution in [0.3, 0.4) is 0 Å². The molecular weight excluding hydrogens is 498 g/mol. The first-order chi connectivity index (χ1) is 18.5. The lowest BCUT2D eigenvalue weighted by Gasteiger charge is -2.50. The Kier molecular flexibility index (Phi) is 8.12. The molecule has 0 aromatic heterocycles. The van der Waals surface area contributed by atoms with Gasteiger partial charge < -0.3 is 9.80 Å². The van der Waals surface area contributed by atoms with E-state index in [0.29, 0.717) is 16.1 Å². The highest BCUT2D eigenvalue weighted by Crippen LogP contribution is 2.46.